The average molecular weight is 542 g/mol. The Kier molecular flexibility index (Phi) is 8.34. The Morgan fingerprint density at radius 2 is 1.19 bits per heavy atom. The molecule has 0 heterocycles. The Morgan fingerprint density at radius 3 is 1.61 bits per heavy atom. The van der Waals surface area contributed by atoms with Gasteiger partial charge in [0, 0.05) is 17.3 Å². The van der Waals surface area contributed by atoms with E-state index < -0.39 is 17.4 Å². The van der Waals surface area contributed by atoms with Crippen molar-refractivity contribution in [3.05, 3.63) is 142 Å². The van der Waals surface area contributed by atoms with E-state index in [-0.39, 0.29) is 12.3 Å². The Hall–Kier alpha value is -3.70. The molecule has 36 heavy (non-hydrogen) atoms. The van der Waals surface area contributed by atoms with Crippen LogP contribution in [0.4, 0.5) is 0 Å². The van der Waals surface area contributed by atoms with Gasteiger partial charge in [-0.1, -0.05) is 119 Å². The Bertz CT molecular complexity index is 1180. The van der Waals surface area contributed by atoms with Gasteiger partial charge in [0.2, 0.25) is 5.91 Å². The minimum Gasteiger partial charge on any atom is -0.467 e. The molecule has 0 spiro atoms. The van der Waals surface area contributed by atoms with Crippen LogP contribution in [0, 0.1) is 0 Å². The summed E-state index contributed by atoms with van der Waals surface area (Å²) in [5.41, 5.74) is 3.18. The maximum Gasteiger partial charge on any atom is 0.328 e. The van der Waals surface area contributed by atoms with Crippen molar-refractivity contribution in [2.24, 2.45) is 0 Å². The first-order chi connectivity index (χ1) is 17.5. The molecule has 1 amide bonds. The van der Waals surface area contributed by atoms with Gasteiger partial charge < -0.3 is 10.1 Å². The van der Waals surface area contributed by atoms with Gasteiger partial charge >= 0.3 is 5.97 Å². The summed E-state index contributed by atoms with van der Waals surface area (Å²) in [4.78, 5) is 26.4. The van der Waals surface area contributed by atoms with Gasteiger partial charge in [-0.2, -0.15) is 0 Å². The third-order valence-electron chi connectivity index (χ3n) is 6.40. The fourth-order valence-corrected chi connectivity index (χ4v) is 4.92. The zero-order chi connectivity index (χ0) is 25.4. The molecule has 0 aliphatic rings. The van der Waals surface area contributed by atoms with Crippen LogP contribution in [0.25, 0.3) is 0 Å². The van der Waals surface area contributed by atoms with E-state index in [1.165, 1.54) is 7.11 Å². The second-order valence-corrected chi connectivity index (χ2v) is 9.57. The molecule has 182 valence electrons. The van der Waals surface area contributed by atoms with Crippen molar-refractivity contribution >= 4 is 27.8 Å². The predicted octanol–water partition coefficient (Wildman–Crippen LogP) is 6.07. The number of benzene rings is 4. The number of esters is 1. The van der Waals surface area contributed by atoms with Gasteiger partial charge in [-0.3, -0.25) is 4.79 Å². The highest BCUT2D eigenvalue weighted by Crippen LogP contribution is 2.42. The monoisotopic (exact) mass is 541 g/mol. The highest BCUT2D eigenvalue weighted by Gasteiger charge is 2.39. The lowest BCUT2D eigenvalue weighted by molar-refractivity contribution is -0.145. The molecule has 1 N–H and O–H groups in total. The van der Waals surface area contributed by atoms with Gasteiger partial charge in [0.15, 0.2) is 0 Å². The number of rotatable bonds is 9. The molecule has 0 fully saturated rings. The van der Waals surface area contributed by atoms with Gasteiger partial charge in [-0.25, -0.2) is 4.79 Å². The normalized spacial score (nSPS) is 11.9. The lowest BCUT2D eigenvalue weighted by atomic mass is 9.67. The SMILES string of the molecule is COC(=O)[C@@H](Cc1ccc(Br)cc1)NC(=O)CC(c1ccccc1)(c1ccccc1)c1ccccc1. The first kappa shape index (κ1) is 25.4. The number of methoxy groups -OCH3 is 1. The molecule has 0 aliphatic carbocycles. The summed E-state index contributed by atoms with van der Waals surface area (Å²) in [5, 5.41) is 2.97. The maximum absolute atomic E-state index is 13.7. The van der Waals surface area contributed by atoms with E-state index in [0.717, 1.165) is 26.7 Å². The highest BCUT2D eigenvalue weighted by molar-refractivity contribution is 9.10. The minimum atomic E-state index is -0.802. The van der Waals surface area contributed by atoms with Crippen molar-refractivity contribution in [3.63, 3.8) is 0 Å². The van der Waals surface area contributed by atoms with E-state index >= 15 is 0 Å². The molecule has 0 saturated carbocycles. The molecule has 0 aliphatic heterocycles. The summed E-state index contributed by atoms with van der Waals surface area (Å²) < 4.78 is 5.98. The van der Waals surface area contributed by atoms with Gasteiger partial charge in [0.25, 0.3) is 0 Å². The van der Waals surface area contributed by atoms with Gasteiger partial charge in [0.1, 0.15) is 6.04 Å². The van der Waals surface area contributed by atoms with E-state index in [4.69, 9.17) is 4.74 Å². The number of carbonyl (C=O) groups excluding carboxylic acids is 2. The smallest absolute Gasteiger partial charge is 0.328 e. The van der Waals surface area contributed by atoms with Crippen LogP contribution < -0.4 is 5.32 Å². The summed E-state index contributed by atoms with van der Waals surface area (Å²) in [6, 6.07) is 37.0. The molecule has 4 nitrogen and oxygen atoms in total. The van der Waals surface area contributed by atoms with Crippen molar-refractivity contribution < 1.29 is 14.3 Å². The van der Waals surface area contributed by atoms with Crippen molar-refractivity contribution in [1.29, 1.82) is 0 Å². The van der Waals surface area contributed by atoms with E-state index in [2.05, 4.69) is 21.2 Å². The van der Waals surface area contributed by atoms with Crippen LogP contribution in [0.15, 0.2) is 120 Å². The molecule has 4 aromatic rings. The fraction of sp³-hybridized carbons (Fsp3) is 0.161. The molecule has 0 unspecified atom stereocenters. The summed E-state index contributed by atoms with van der Waals surface area (Å²) in [7, 11) is 1.34. The number of hydrogen-bond acceptors (Lipinski definition) is 3. The maximum atomic E-state index is 13.7. The van der Waals surface area contributed by atoms with Crippen molar-refractivity contribution in [2.45, 2.75) is 24.3 Å². The Balaban J connectivity index is 1.73. The molecular formula is C31H28BrNO3. The van der Waals surface area contributed by atoms with Crippen LogP contribution in [-0.2, 0) is 26.2 Å². The molecule has 0 saturated heterocycles. The molecule has 0 radical (unpaired) electrons. The lowest BCUT2D eigenvalue weighted by Gasteiger charge is -2.36. The van der Waals surface area contributed by atoms with Crippen molar-refractivity contribution in [1.82, 2.24) is 5.32 Å². The first-order valence-electron chi connectivity index (χ1n) is 11.8. The van der Waals surface area contributed by atoms with Crippen molar-refractivity contribution in [3.8, 4) is 0 Å². The van der Waals surface area contributed by atoms with Crippen LogP contribution >= 0.6 is 15.9 Å². The predicted molar refractivity (Wildman–Crippen MR) is 146 cm³/mol. The highest BCUT2D eigenvalue weighted by atomic mass is 79.9. The summed E-state index contributed by atoms with van der Waals surface area (Å²) in [6.45, 7) is 0. The van der Waals surface area contributed by atoms with Crippen LogP contribution in [0.3, 0.4) is 0 Å². The van der Waals surface area contributed by atoms with E-state index in [9.17, 15) is 9.59 Å². The molecule has 1 atom stereocenters. The minimum absolute atomic E-state index is 0.124. The zero-order valence-electron chi connectivity index (χ0n) is 20.1. The van der Waals surface area contributed by atoms with Crippen molar-refractivity contribution in [2.75, 3.05) is 7.11 Å². The quantitative estimate of drug-likeness (QED) is 0.206. The summed E-state index contributed by atoms with van der Waals surface area (Å²) >= 11 is 3.43. The van der Waals surface area contributed by atoms with Gasteiger partial charge in [-0.15, -0.1) is 0 Å². The number of amides is 1. The second kappa shape index (κ2) is 11.8. The summed E-state index contributed by atoms with van der Waals surface area (Å²) in [5.74, 6) is -0.713. The number of ether oxygens (including phenoxy) is 1. The Labute approximate surface area is 220 Å². The summed E-state index contributed by atoms with van der Waals surface area (Å²) in [6.07, 6.45) is 0.458. The van der Waals surface area contributed by atoms with E-state index in [1.807, 2.05) is 115 Å². The van der Waals surface area contributed by atoms with Crippen LogP contribution in [-0.4, -0.2) is 25.0 Å². The molecular weight excluding hydrogens is 514 g/mol. The van der Waals surface area contributed by atoms with Gasteiger partial charge in [0.05, 0.1) is 12.5 Å². The molecule has 4 rings (SSSR count). The molecule has 0 aromatic heterocycles. The fourth-order valence-electron chi connectivity index (χ4n) is 4.65. The molecule has 4 aromatic carbocycles. The average Bonchev–Trinajstić information content (AvgIpc) is 2.93. The lowest BCUT2D eigenvalue weighted by Crippen LogP contribution is -2.46. The number of nitrogens with one attached hydrogen (secondary N) is 1. The van der Waals surface area contributed by atoms with E-state index in [1.54, 1.807) is 0 Å². The zero-order valence-corrected chi connectivity index (χ0v) is 21.6. The third-order valence-corrected chi connectivity index (χ3v) is 6.93. The van der Waals surface area contributed by atoms with Gasteiger partial charge in [-0.05, 0) is 34.4 Å². The topological polar surface area (TPSA) is 55.4 Å². The molecule has 0 bridgehead atoms. The third kappa shape index (κ3) is 5.74. The van der Waals surface area contributed by atoms with E-state index in [0.29, 0.717) is 6.42 Å². The molecule has 5 heteroatoms. The largest absolute Gasteiger partial charge is 0.467 e. The van der Waals surface area contributed by atoms with Crippen LogP contribution in [0.2, 0.25) is 0 Å². The second-order valence-electron chi connectivity index (χ2n) is 8.65. The standard InChI is InChI=1S/C31H28BrNO3/c1-36-30(35)28(21-23-17-19-27(32)20-18-23)33-29(34)22-31(24-11-5-2-6-12-24,25-13-7-3-8-14-25)26-15-9-4-10-16-26/h2-20,28H,21-22H2,1H3,(H,33,34)/t28-/m1/s1. The number of halogens is 1. The van der Waals surface area contributed by atoms with Crippen LogP contribution in [0.5, 0.6) is 0 Å². The first-order valence-corrected chi connectivity index (χ1v) is 12.6. The number of hydrogen-bond donors (Lipinski definition) is 1. The van der Waals surface area contributed by atoms with Crippen LogP contribution in [0.1, 0.15) is 28.7 Å². The Morgan fingerprint density at radius 1 is 0.750 bits per heavy atom. The number of carbonyl (C=O) groups is 2.